The zero-order chi connectivity index (χ0) is 13.8. The number of aromatic nitrogens is 2. The van der Waals surface area contributed by atoms with Gasteiger partial charge in [0.05, 0.1) is 5.39 Å². The third-order valence-electron chi connectivity index (χ3n) is 2.36. The molecule has 7 heteroatoms. The predicted molar refractivity (Wildman–Crippen MR) is 72.4 cm³/mol. The molecule has 0 fully saturated rings. The van der Waals surface area contributed by atoms with Crippen LogP contribution in [0.5, 0.6) is 5.88 Å². The Morgan fingerprint density at radius 3 is 2.89 bits per heavy atom. The third-order valence-corrected chi connectivity index (χ3v) is 3.30. The number of nitrogens with one attached hydrogen (secondary N) is 1. The van der Waals surface area contributed by atoms with Gasteiger partial charge in [-0.15, -0.1) is 11.3 Å². The second-order valence-corrected chi connectivity index (χ2v) is 5.29. The molecule has 0 unspecified atom stereocenters. The molecule has 19 heavy (non-hydrogen) atoms. The fourth-order valence-electron chi connectivity index (χ4n) is 1.58. The lowest BCUT2D eigenvalue weighted by atomic mass is 10.3. The number of hydrogen-bond acceptors (Lipinski definition) is 5. The summed E-state index contributed by atoms with van der Waals surface area (Å²) in [4.78, 5) is 10.3. The number of fused-ring (bicyclic) bond motifs is 1. The standard InChI is InChI=1S/C12H15F2N3OS/c1-3-4-15-12-16-10(18-6-9(13)14)8-5-7(2)19-11(8)17-12/h5,9H,3-4,6H2,1-2H3,(H,15,16,17). The van der Waals surface area contributed by atoms with Crippen LogP contribution < -0.4 is 10.1 Å². The number of rotatable bonds is 6. The van der Waals surface area contributed by atoms with E-state index in [2.05, 4.69) is 15.3 Å². The highest BCUT2D eigenvalue weighted by molar-refractivity contribution is 7.18. The summed E-state index contributed by atoms with van der Waals surface area (Å²) in [5.74, 6) is 0.633. The first-order valence-corrected chi connectivity index (χ1v) is 6.84. The molecule has 0 aliphatic carbocycles. The van der Waals surface area contributed by atoms with Gasteiger partial charge in [0, 0.05) is 11.4 Å². The van der Waals surface area contributed by atoms with Crippen molar-refractivity contribution >= 4 is 27.5 Å². The third kappa shape index (κ3) is 3.50. The fraction of sp³-hybridized carbons (Fsp3) is 0.500. The van der Waals surface area contributed by atoms with Crippen molar-refractivity contribution < 1.29 is 13.5 Å². The summed E-state index contributed by atoms with van der Waals surface area (Å²) >= 11 is 1.49. The van der Waals surface area contributed by atoms with Gasteiger partial charge < -0.3 is 10.1 Å². The number of hydrogen-bond donors (Lipinski definition) is 1. The minimum Gasteiger partial charge on any atom is -0.471 e. The molecule has 0 aliphatic heterocycles. The first kappa shape index (κ1) is 13.9. The van der Waals surface area contributed by atoms with E-state index in [4.69, 9.17) is 4.74 Å². The van der Waals surface area contributed by atoms with E-state index in [0.717, 1.165) is 22.7 Å². The van der Waals surface area contributed by atoms with Crippen molar-refractivity contribution in [3.8, 4) is 5.88 Å². The number of halogens is 2. The molecule has 2 heterocycles. The maximum atomic E-state index is 12.2. The molecule has 104 valence electrons. The molecule has 1 N–H and O–H groups in total. The van der Waals surface area contributed by atoms with Crippen LogP contribution in [0.2, 0.25) is 0 Å². The lowest BCUT2D eigenvalue weighted by Crippen LogP contribution is -2.10. The largest absolute Gasteiger partial charge is 0.471 e. The summed E-state index contributed by atoms with van der Waals surface area (Å²) in [5, 5.41) is 3.73. The molecule has 2 aromatic rings. The second-order valence-electron chi connectivity index (χ2n) is 4.06. The lowest BCUT2D eigenvalue weighted by Gasteiger charge is -2.08. The van der Waals surface area contributed by atoms with Crippen LogP contribution in [0.3, 0.4) is 0 Å². The quantitative estimate of drug-likeness (QED) is 0.883. The average molecular weight is 287 g/mol. The van der Waals surface area contributed by atoms with Crippen molar-refractivity contribution in [2.24, 2.45) is 0 Å². The van der Waals surface area contributed by atoms with E-state index in [1.165, 1.54) is 11.3 Å². The number of nitrogens with zero attached hydrogens (tertiary/aromatic N) is 2. The highest BCUT2D eigenvalue weighted by atomic mass is 32.1. The molecular weight excluding hydrogens is 272 g/mol. The minimum absolute atomic E-state index is 0.216. The van der Waals surface area contributed by atoms with Gasteiger partial charge in [-0.2, -0.15) is 4.98 Å². The fourth-order valence-corrected chi connectivity index (χ4v) is 2.45. The van der Waals surface area contributed by atoms with Crippen LogP contribution in [0, 0.1) is 6.92 Å². The molecule has 0 atom stereocenters. The van der Waals surface area contributed by atoms with E-state index < -0.39 is 13.0 Å². The highest BCUT2D eigenvalue weighted by Gasteiger charge is 2.13. The summed E-state index contributed by atoms with van der Waals surface area (Å²) in [5.41, 5.74) is 0. The van der Waals surface area contributed by atoms with Gasteiger partial charge in [-0.05, 0) is 19.4 Å². The molecule has 0 bridgehead atoms. The Labute approximate surface area is 113 Å². The van der Waals surface area contributed by atoms with Gasteiger partial charge in [-0.25, -0.2) is 13.8 Å². The van der Waals surface area contributed by atoms with Gasteiger partial charge in [0.1, 0.15) is 4.83 Å². The molecule has 0 radical (unpaired) electrons. The van der Waals surface area contributed by atoms with Crippen molar-refractivity contribution in [1.29, 1.82) is 0 Å². The van der Waals surface area contributed by atoms with Gasteiger partial charge in [-0.3, -0.25) is 0 Å². The molecular formula is C12H15F2N3OS. The van der Waals surface area contributed by atoms with E-state index >= 15 is 0 Å². The number of aryl methyl sites for hydroxylation is 1. The molecule has 2 aromatic heterocycles. The first-order chi connectivity index (χ1) is 9.10. The Morgan fingerprint density at radius 2 is 2.21 bits per heavy atom. The van der Waals surface area contributed by atoms with Crippen molar-refractivity contribution in [3.05, 3.63) is 10.9 Å². The van der Waals surface area contributed by atoms with Crippen LogP contribution in [-0.4, -0.2) is 29.5 Å². The van der Waals surface area contributed by atoms with E-state index in [1.54, 1.807) is 0 Å². The Balaban J connectivity index is 2.33. The summed E-state index contributed by atoms with van der Waals surface area (Å²) in [7, 11) is 0. The van der Waals surface area contributed by atoms with Gasteiger partial charge in [0.15, 0.2) is 6.61 Å². The summed E-state index contributed by atoms with van der Waals surface area (Å²) in [6.45, 7) is 4.02. The number of ether oxygens (including phenoxy) is 1. The Hall–Kier alpha value is -1.50. The van der Waals surface area contributed by atoms with Crippen molar-refractivity contribution in [3.63, 3.8) is 0 Å². The molecule has 2 rings (SSSR count). The van der Waals surface area contributed by atoms with E-state index in [-0.39, 0.29) is 5.88 Å². The minimum atomic E-state index is -2.52. The zero-order valence-electron chi connectivity index (χ0n) is 10.7. The van der Waals surface area contributed by atoms with Gasteiger partial charge in [-0.1, -0.05) is 6.92 Å². The highest BCUT2D eigenvalue weighted by Crippen LogP contribution is 2.31. The van der Waals surface area contributed by atoms with Crippen LogP contribution in [0.1, 0.15) is 18.2 Å². The maximum absolute atomic E-state index is 12.2. The topological polar surface area (TPSA) is 47.0 Å². The normalized spacial score (nSPS) is 11.2. The molecule has 0 aromatic carbocycles. The Morgan fingerprint density at radius 1 is 1.42 bits per heavy atom. The van der Waals surface area contributed by atoms with Crippen LogP contribution in [0.15, 0.2) is 6.07 Å². The first-order valence-electron chi connectivity index (χ1n) is 6.03. The van der Waals surface area contributed by atoms with Crippen LogP contribution in [0.25, 0.3) is 10.2 Å². The van der Waals surface area contributed by atoms with E-state index in [9.17, 15) is 8.78 Å². The SMILES string of the molecule is CCCNc1nc(OCC(F)F)c2cc(C)sc2n1. The van der Waals surface area contributed by atoms with Crippen LogP contribution >= 0.6 is 11.3 Å². The lowest BCUT2D eigenvalue weighted by molar-refractivity contribution is 0.0805. The Bertz CT molecular complexity index is 559. The monoisotopic (exact) mass is 287 g/mol. The molecule has 0 saturated heterocycles. The predicted octanol–water partition coefficient (Wildman–Crippen LogP) is 3.47. The summed E-state index contributed by atoms with van der Waals surface area (Å²) in [6, 6.07) is 1.85. The van der Waals surface area contributed by atoms with E-state index in [1.807, 2.05) is 19.9 Å². The van der Waals surface area contributed by atoms with Crippen LogP contribution in [-0.2, 0) is 0 Å². The number of alkyl halides is 2. The molecule has 0 spiro atoms. The van der Waals surface area contributed by atoms with Gasteiger partial charge >= 0.3 is 0 Å². The molecule has 0 amide bonds. The Kier molecular flexibility index (Phi) is 4.47. The van der Waals surface area contributed by atoms with Gasteiger partial charge in [0.25, 0.3) is 6.43 Å². The zero-order valence-corrected chi connectivity index (χ0v) is 11.6. The molecule has 0 aliphatic rings. The smallest absolute Gasteiger partial charge is 0.272 e. The molecule has 4 nitrogen and oxygen atoms in total. The summed E-state index contributed by atoms with van der Waals surface area (Å²) < 4.78 is 29.6. The van der Waals surface area contributed by atoms with E-state index in [0.29, 0.717) is 11.3 Å². The van der Waals surface area contributed by atoms with Crippen LogP contribution in [0.4, 0.5) is 14.7 Å². The van der Waals surface area contributed by atoms with Crippen molar-refractivity contribution in [2.45, 2.75) is 26.7 Å². The number of anilines is 1. The summed E-state index contributed by atoms with van der Waals surface area (Å²) in [6.07, 6.45) is -1.59. The maximum Gasteiger partial charge on any atom is 0.272 e. The number of thiophene rings is 1. The van der Waals surface area contributed by atoms with Gasteiger partial charge in [0.2, 0.25) is 11.8 Å². The van der Waals surface area contributed by atoms with Crippen molar-refractivity contribution in [1.82, 2.24) is 9.97 Å². The molecule has 0 saturated carbocycles. The average Bonchev–Trinajstić information content (AvgIpc) is 2.73. The van der Waals surface area contributed by atoms with Crippen molar-refractivity contribution in [2.75, 3.05) is 18.5 Å². The second kappa shape index (κ2) is 6.10.